The Morgan fingerprint density at radius 2 is 1.84 bits per heavy atom. The molecular weight excluding hydrogens is 450 g/mol. The Morgan fingerprint density at radius 3 is 2.56 bits per heavy atom. The van der Waals surface area contributed by atoms with Gasteiger partial charge in [0.1, 0.15) is 5.00 Å². The van der Waals surface area contributed by atoms with Crippen molar-refractivity contribution in [1.82, 2.24) is 0 Å². The third kappa shape index (κ3) is 5.27. The van der Waals surface area contributed by atoms with Gasteiger partial charge < -0.3 is 14.8 Å². The molecule has 1 aromatic carbocycles. The van der Waals surface area contributed by atoms with Crippen LogP contribution in [0.15, 0.2) is 29.2 Å². The van der Waals surface area contributed by atoms with Gasteiger partial charge in [0.2, 0.25) is 0 Å². The molecule has 172 valence electrons. The topological polar surface area (TPSA) is 98.8 Å². The van der Waals surface area contributed by atoms with Gasteiger partial charge in [0.05, 0.1) is 33.4 Å². The third-order valence-corrected chi connectivity index (χ3v) is 7.73. The van der Waals surface area contributed by atoms with E-state index >= 15 is 0 Å². The Balaban J connectivity index is 1.77. The summed E-state index contributed by atoms with van der Waals surface area (Å²) in [6.45, 7) is 5.20. The highest BCUT2D eigenvalue weighted by molar-refractivity contribution is 7.85. The lowest BCUT2D eigenvalue weighted by Crippen LogP contribution is -2.30. The highest BCUT2D eigenvalue weighted by Crippen LogP contribution is 2.38. The van der Waals surface area contributed by atoms with Crippen molar-refractivity contribution in [2.75, 3.05) is 17.7 Å². The second kappa shape index (κ2) is 10.9. The molecule has 1 aliphatic rings. The standard InChI is InChI=1S/C23H27NO6S2/c1-4-29-23(27)19-15-10-6-8-12-17(15)31-21(19)24-20(25)14(3)30-22(26)16-11-7-9-13-18(16)32(28)5-2/h7,9,11,13-14H,4-6,8,10,12H2,1-3H3,(H,24,25). The average Bonchev–Trinajstić information content (AvgIpc) is 3.16. The van der Waals surface area contributed by atoms with Crippen molar-refractivity contribution in [2.24, 2.45) is 0 Å². The summed E-state index contributed by atoms with van der Waals surface area (Å²) >= 11 is 1.37. The van der Waals surface area contributed by atoms with Crippen LogP contribution < -0.4 is 5.32 Å². The van der Waals surface area contributed by atoms with Crippen LogP contribution in [0.3, 0.4) is 0 Å². The quantitative estimate of drug-likeness (QED) is 0.575. The zero-order chi connectivity index (χ0) is 23.3. The van der Waals surface area contributed by atoms with E-state index in [9.17, 15) is 18.6 Å². The van der Waals surface area contributed by atoms with Gasteiger partial charge in [-0.2, -0.15) is 0 Å². The van der Waals surface area contributed by atoms with Crippen molar-refractivity contribution in [2.45, 2.75) is 57.5 Å². The second-order valence-electron chi connectivity index (χ2n) is 7.30. The lowest BCUT2D eigenvalue weighted by Gasteiger charge is -2.15. The Morgan fingerprint density at radius 1 is 1.12 bits per heavy atom. The maximum Gasteiger partial charge on any atom is 0.341 e. The molecule has 0 saturated heterocycles. The Kier molecular flexibility index (Phi) is 8.20. The first-order valence-corrected chi connectivity index (χ1v) is 12.8. The molecule has 32 heavy (non-hydrogen) atoms. The van der Waals surface area contributed by atoms with Crippen molar-refractivity contribution >= 4 is 45.0 Å². The molecule has 0 spiro atoms. The monoisotopic (exact) mass is 477 g/mol. The summed E-state index contributed by atoms with van der Waals surface area (Å²) < 4.78 is 22.8. The number of amides is 1. The highest BCUT2D eigenvalue weighted by Gasteiger charge is 2.29. The Labute approximate surface area is 194 Å². The number of aryl methyl sites for hydroxylation is 1. The fraction of sp³-hybridized carbons (Fsp3) is 0.435. The first-order chi connectivity index (χ1) is 15.4. The van der Waals surface area contributed by atoms with E-state index < -0.39 is 34.7 Å². The van der Waals surface area contributed by atoms with E-state index in [1.54, 1.807) is 32.0 Å². The number of hydrogen-bond acceptors (Lipinski definition) is 7. The number of benzene rings is 1. The van der Waals surface area contributed by atoms with Crippen LogP contribution in [0.25, 0.3) is 0 Å². The van der Waals surface area contributed by atoms with Crippen LogP contribution in [0.2, 0.25) is 0 Å². The number of esters is 2. The molecule has 0 bridgehead atoms. The van der Waals surface area contributed by atoms with E-state index in [1.807, 2.05) is 0 Å². The van der Waals surface area contributed by atoms with Crippen LogP contribution in [0.5, 0.6) is 0 Å². The molecule has 7 nitrogen and oxygen atoms in total. The number of carbonyl (C=O) groups is 3. The van der Waals surface area contributed by atoms with E-state index in [0.29, 0.717) is 21.2 Å². The molecule has 0 radical (unpaired) electrons. The molecule has 1 aromatic heterocycles. The number of hydrogen-bond donors (Lipinski definition) is 1. The number of nitrogens with one attached hydrogen (secondary N) is 1. The van der Waals surface area contributed by atoms with Gasteiger partial charge in [0, 0.05) is 10.6 Å². The summed E-state index contributed by atoms with van der Waals surface area (Å²) in [6.07, 6.45) is 2.54. The number of thiophene rings is 1. The fourth-order valence-corrected chi connectivity index (χ4v) is 5.77. The summed E-state index contributed by atoms with van der Waals surface area (Å²) in [5, 5.41) is 3.18. The van der Waals surface area contributed by atoms with Crippen LogP contribution in [0, 0.1) is 0 Å². The number of carbonyl (C=O) groups excluding carboxylic acids is 3. The van der Waals surface area contributed by atoms with Crippen LogP contribution >= 0.6 is 11.3 Å². The van der Waals surface area contributed by atoms with E-state index in [-0.39, 0.29) is 12.2 Å². The molecule has 1 N–H and O–H groups in total. The molecule has 1 amide bonds. The lowest BCUT2D eigenvalue weighted by atomic mass is 9.95. The first kappa shape index (κ1) is 24.1. The number of ether oxygens (including phenoxy) is 2. The number of fused-ring (bicyclic) bond motifs is 1. The molecule has 1 heterocycles. The number of rotatable bonds is 8. The summed E-state index contributed by atoms with van der Waals surface area (Å²) in [6, 6.07) is 6.50. The molecular formula is C23H27NO6S2. The predicted octanol–water partition coefficient (Wildman–Crippen LogP) is 4.12. The van der Waals surface area contributed by atoms with Crippen molar-refractivity contribution in [3.63, 3.8) is 0 Å². The molecule has 3 rings (SSSR count). The largest absolute Gasteiger partial charge is 0.462 e. The van der Waals surface area contributed by atoms with Gasteiger partial charge >= 0.3 is 11.9 Å². The molecule has 2 unspecified atom stereocenters. The van der Waals surface area contributed by atoms with Gasteiger partial charge in [-0.05, 0) is 57.2 Å². The van der Waals surface area contributed by atoms with E-state index in [0.717, 1.165) is 36.1 Å². The molecule has 0 fully saturated rings. The normalized spacial score (nSPS) is 14.7. The summed E-state index contributed by atoms with van der Waals surface area (Å²) in [7, 11) is -1.34. The Hall–Kier alpha value is -2.52. The fourth-order valence-electron chi connectivity index (χ4n) is 3.55. The smallest absolute Gasteiger partial charge is 0.341 e. The molecule has 2 aromatic rings. The van der Waals surface area contributed by atoms with Crippen molar-refractivity contribution in [3.8, 4) is 0 Å². The minimum absolute atomic E-state index is 0.172. The van der Waals surface area contributed by atoms with E-state index in [1.165, 1.54) is 24.3 Å². The van der Waals surface area contributed by atoms with Crippen molar-refractivity contribution in [1.29, 1.82) is 0 Å². The van der Waals surface area contributed by atoms with Crippen molar-refractivity contribution < 1.29 is 28.1 Å². The van der Waals surface area contributed by atoms with Crippen LogP contribution in [-0.2, 0) is 37.9 Å². The van der Waals surface area contributed by atoms with Crippen LogP contribution in [0.1, 0.15) is 64.8 Å². The SMILES string of the molecule is CCOC(=O)c1c(NC(=O)C(C)OC(=O)c2ccccc2S(=O)CC)sc2c1CCCC2. The first-order valence-electron chi connectivity index (χ1n) is 10.7. The molecule has 1 aliphatic carbocycles. The zero-order valence-corrected chi connectivity index (χ0v) is 20.0. The van der Waals surface area contributed by atoms with Gasteiger partial charge in [-0.25, -0.2) is 9.59 Å². The molecule has 0 aliphatic heterocycles. The van der Waals surface area contributed by atoms with Crippen LogP contribution in [0.4, 0.5) is 5.00 Å². The molecule has 2 atom stereocenters. The lowest BCUT2D eigenvalue weighted by molar-refractivity contribution is -0.123. The Bertz CT molecular complexity index is 1050. The summed E-state index contributed by atoms with van der Waals surface area (Å²) in [5.41, 5.74) is 1.52. The van der Waals surface area contributed by atoms with Gasteiger partial charge in [0.25, 0.3) is 5.91 Å². The minimum Gasteiger partial charge on any atom is -0.462 e. The van der Waals surface area contributed by atoms with E-state index in [2.05, 4.69) is 5.32 Å². The van der Waals surface area contributed by atoms with Crippen LogP contribution in [-0.4, -0.2) is 40.5 Å². The van der Waals surface area contributed by atoms with Gasteiger partial charge in [-0.15, -0.1) is 11.3 Å². The zero-order valence-electron chi connectivity index (χ0n) is 18.4. The predicted molar refractivity (Wildman–Crippen MR) is 124 cm³/mol. The number of anilines is 1. The van der Waals surface area contributed by atoms with Crippen molar-refractivity contribution in [3.05, 3.63) is 45.8 Å². The highest BCUT2D eigenvalue weighted by atomic mass is 32.2. The summed E-state index contributed by atoms with van der Waals surface area (Å²) in [4.78, 5) is 39.5. The van der Waals surface area contributed by atoms with Gasteiger partial charge in [0.15, 0.2) is 6.10 Å². The van der Waals surface area contributed by atoms with E-state index in [4.69, 9.17) is 9.47 Å². The van der Waals surface area contributed by atoms with Gasteiger partial charge in [-0.3, -0.25) is 9.00 Å². The van der Waals surface area contributed by atoms with Gasteiger partial charge in [-0.1, -0.05) is 19.1 Å². The average molecular weight is 478 g/mol. The molecule has 0 saturated carbocycles. The third-order valence-electron chi connectivity index (χ3n) is 5.16. The molecule has 9 heteroatoms. The minimum atomic E-state index is -1.34. The summed E-state index contributed by atoms with van der Waals surface area (Å²) in [5.74, 6) is -1.36. The second-order valence-corrected chi connectivity index (χ2v) is 10.1. The maximum atomic E-state index is 12.8. The maximum absolute atomic E-state index is 12.8.